The van der Waals surface area contributed by atoms with Crippen molar-refractivity contribution in [3.63, 3.8) is 0 Å². The van der Waals surface area contributed by atoms with Crippen LogP contribution in [0.2, 0.25) is 0 Å². The molecule has 0 saturated heterocycles. The number of fused-ring (bicyclic) bond motifs is 1. The molecule has 110 valence electrons. The minimum Gasteiger partial charge on any atom is -0.361 e. The summed E-state index contributed by atoms with van der Waals surface area (Å²) in [6.45, 7) is 5.26. The van der Waals surface area contributed by atoms with E-state index >= 15 is 0 Å². The fourth-order valence-electron chi connectivity index (χ4n) is 2.85. The Morgan fingerprint density at radius 2 is 2.05 bits per heavy atom. The monoisotopic (exact) mass is 281 g/mol. The van der Waals surface area contributed by atoms with E-state index in [1.807, 2.05) is 0 Å². The van der Waals surface area contributed by atoms with Crippen LogP contribution in [0.25, 0.3) is 10.9 Å². The van der Waals surface area contributed by atoms with Crippen LogP contribution in [0.15, 0.2) is 48.8 Å². The fourth-order valence-corrected chi connectivity index (χ4v) is 2.85. The van der Waals surface area contributed by atoms with Gasteiger partial charge in [0.15, 0.2) is 0 Å². The Balaban J connectivity index is 1.53. The van der Waals surface area contributed by atoms with E-state index < -0.39 is 0 Å². The summed E-state index contributed by atoms with van der Waals surface area (Å²) >= 11 is 0. The van der Waals surface area contributed by atoms with Crippen molar-refractivity contribution in [2.24, 2.45) is 0 Å². The van der Waals surface area contributed by atoms with Gasteiger partial charge in [0, 0.05) is 42.1 Å². The minimum atomic E-state index is 0.940. The molecule has 0 aliphatic heterocycles. The van der Waals surface area contributed by atoms with Crippen LogP contribution in [0.5, 0.6) is 0 Å². The predicted octanol–water partition coefficient (Wildman–Crippen LogP) is 3.71. The summed E-state index contributed by atoms with van der Waals surface area (Å²) < 4.78 is 2.33. The molecule has 0 bridgehead atoms. The average molecular weight is 281 g/mol. The minimum absolute atomic E-state index is 0.940. The first-order valence-electron chi connectivity index (χ1n) is 7.78. The highest BCUT2D eigenvalue weighted by Crippen LogP contribution is 2.17. The lowest BCUT2D eigenvalue weighted by Crippen LogP contribution is -2.18. The molecular formula is C18H23N3. The maximum Gasteiger partial charge on any atom is 0.0456 e. The van der Waals surface area contributed by atoms with E-state index in [9.17, 15) is 0 Å². The van der Waals surface area contributed by atoms with Gasteiger partial charge in [-0.3, -0.25) is 0 Å². The van der Waals surface area contributed by atoms with E-state index in [4.69, 9.17) is 0 Å². The molecule has 1 aromatic carbocycles. The normalized spacial score (nSPS) is 11.3. The van der Waals surface area contributed by atoms with E-state index in [1.165, 1.54) is 28.6 Å². The number of H-pyrrole nitrogens is 1. The zero-order chi connectivity index (χ0) is 14.5. The third-order valence-corrected chi connectivity index (χ3v) is 3.94. The van der Waals surface area contributed by atoms with Crippen molar-refractivity contribution in [1.82, 2.24) is 14.9 Å². The molecule has 0 unspecified atom stereocenters. The summed E-state index contributed by atoms with van der Waals surface area (Å²) in [4.78, 5) is 3.34. The van der Waals surface area contributed by atoms with Crippen LogP contribution in [-0.2, 0) is 19.5 Å². The van der Waals surface area contributed by atoms with Crippen molar-refractivity contribution in [3.8, 4) is 0 Å². The summed E-state index contributed by atoms with van der Waals surface area (Å²) in [6, 6.07) is 12.8. The van der Waals surface area contributed by atoms with Gasteiger partial charge in [0.2, 0.25) is 0 Å². The third-order valence-electron chi connectivity index (χ3n) is 3.94. The van der Waals surface area contributed by atoms with Gasteiger partial charge in [-0.05, 0) is 43.1 Å². The Labute approximate surface area is 126 Å². The maximum atomic E-state index is 3.55. The number of aromatic amines is 1. The van der Waals surface area contributed by atoms with Gasteiger partial charge in [-0.2, -0.15) is 0 Å². The number of rotatable bonds is 7. The lowest BCUT2D eigenvalue weighted by atomic mass is 10.1. The number of para-hydroxylation sites is 1. The van der Waals surface area contributed by atoms with Gasteiger partial charge in [0.05, 0.1) is 0 Å². The quantitative estimate of drug-likeness (QED) is 0.636. The van der Waals surface area contributed by atoms with Crippen molar-refractivity contribution in [3.05, 3.63) is 60.0 Å². The van der Waals surface area contributed by atoms with Crippen molar-refractivity contribution in [1.29, 1.82) is 0 Å². The van der Waals surface area contributed by atoms with Crippen LogP contribution >= 0.6 is 0 Å². The van der Waals surface area contributed by atoms with Crippen molar-refractivity contribution in [2.75, 3.05) is 6.54 Å². The second-order valence-electron chi connectivity index (χ2n) is 5.48. The standard InChI is InChI=1S/C18H23N3/c1-2-11-21-12-5-6-16(21)14-19-10-9-15-13-20-18-8-4-3-7-17(15)18/h3-8,12-13,19-20H,2,9-11,14H2,1H3. The zero-order valence-corrected chi connectivity index (χ0v) is 12.6. The smallest absolute Gasteiger partial charge is 0.0456 e. The molecule has 0 spiro atoms. The highest BCUT2D eigenvalue weighted by molar-refractivity contribution is 5.83. The molecule has 0 aliphatic rings. The first-order chi connectivity index (χ1) is 10.4. The number of hydrogen-bond acceptors (Lipinski definition) is 1. The Bertz CT molecular complexity index is 693. The van der Waals surface area contributed by atoms with Crippen LogP contribution in [-0.4, -0.2) is 16.1 Å². The molecule has 0 amide bonds. The molecule has 3 heteroatoms. The summed E-state index contributed by atoms with van der Waals surface area (Å²) in [7, 11) is 0. The summed E-state index contributed by atoms with van der Waals surface area (Å²) in [5, 5.41) is 4.90. The van der Waals surface area contributed by atoms with E-state index in [0.717, 1.165) is 26.1 Å². The van der Waals surface area contributed by atoms with Gasteiger partial charge in [0.25, 0.3) is 0 Å². The molecule has 2 N–H and O–H groups in total. The second-order valence-corrected chi connectivity index (χ2v) is 5.48. The molecule has 2 heterocycles. The number of hydrogen-bond donors (Lipinski definition) is 2. The summed E-state index contributed by atoms with van der Waals surface area (Å²) in [5.74, 6) is 0. The largest absolute Gasteiger partial charge is 0.361 e. The molecule has 0 atom stereocenters. The molecule has 3 rings (SSSR count). The van der Waals surface area contributed by atoms with Gasteiger partial charge in [-0.1, -0.05) is 25.1 Å². The van der Waals surface area contributed by atoms with Gasteiger partial charge >= 0.3 is 0 Å². The second kappa shape index (κ2) is 6.64. The lowest BCUT2D eigenvalue weighted by molar-refractivity contribution is 0.603. The average Bonchev–Trinajstić information content (AvgIpc) is 3.11. The topological polar surface area (TPSA) is 32.8 Å². The van der Waals surface area contributed by atoms with Crippen LogP contribution in [0.4, 0.5) is 0 Å². The van der Waals surface area contributed by atoms with E-state index in [1.54, 1.807) is 0 Å². The third kappa shape index (κ3) is 3.19. The maximum absolute atomic E-state index is 3.55. The number of nitrogens with one attached hydrogen (secondary N) is 2. The number of aryl methyl sites for hydroxylation is 1. The molecule has 3 aromatic rings. The molecule has 3 nitrogen and oxygen atoms in total. The lowest BCUT2D eigenvalue weighted by Gasteiger charge is -2.09. The number of nitrogens with zero attached hydrogens (tertiary/aromatic N) is 1. The van der Waals surface area contributed by atoms with E-state index in [2.05, 4.69) is 70.6 Å². The van der Waals surface area contributed by atoms with Crippen LogP contribution in [0.1, 0.15) is 24.6 Å². The summed E-state index contributed by atoms with van der Waals surface area (Å²) in [6.07, 6.45) is 6.53. The molecule has 0 radical (unpaired) electrons. The predicted molar refractivity (Wildman–Crippen MR) is 88.4 cm³/mol. The first-order valence-corrected chi connectivity index (χ1v) is 7.78. The molecule has 0 fully saturated rings. The van der Waals surface area contributed by atoms with Crippen molar-refractivity contribution >= 4 is 10.9 Å². The van der Waals surface area contributed by atoms with Crippen molar-refractivity contribution < 1.29 is 0 Å². The molecule has 0 saturated carbocycles. The van der Waals surface area contributed by atoms with Gasteiger partial charge in [-0.25, -0.2) is 0 Å². The molecule has 21 heavy (non-hydrogen) atoms. The van der Waals surface area contributed by atoms with Crippen LogP contribution in [0.3, 0.4) is 0 Å². The Hall–Kier alpha value is -2.00. The molecular weight excluding hydrogens is 258 g/mol. The molecule has 2 aromatic heterocycles. The van der Waals surface area contributed by atoms with E-state index in [0.29, 0.717) is 0 Å². The molecule has 0 aliphatic carbocycles. The van der Waals surface area contributed by atoms with Crippen LogP contribution in [0, 0.1) is 0 Å². The first kappa shape index (κ1) is 14.0. The summed E-state index contributed by atoms with van der Waals surface area (Å²) in [5.41, 5.74) is 3.99. The highest BCUT2D eigenvalue weighted by atomic mass is 15.0. The SMILES string of the molecule is CCCn1cccc1CNCCc1c[nH]c2ccccc12. The van der Waals surface area contributed by atoms with Gasteiger partial charge < -0.3 is 14.9 Å². The Kier molecular flexibility index (Phi) is 4.41. The van der Waals surface area contributed by atoms with Gasteiger partial charge in [-0.15, -0.1) is 0 Å². The van der Waals surface area contributed by atoms with Gasteiger partial charge in [0.1, 0.15) is 0 Å². The van der Waals surface area contributed by atoms with Crippen LogP contribution < -0.4 is 5.32 Å². The Morgan fingerprint density at radius 1 is 1.14 bits per heavy atom. The number of benzene rings is 1. The highest BCUT2D eigenvalue weighted by Gasteiger charge is 2.03. The number of aromatic nitrogens is 2. The zero-order valence-electron chi connectivity index (χ0n) is 12.6. The Morgan fingerprint density at radius 3 is 2.95 bits per heavy atom. The fraction of sp³-hybridized carbons (Fsp3) is 0.333. The van der Waals surface area contributed by atoms with E-state index in [-0.39, 0.29) is 0 Å². The van der Waals surface area contributed by atoms with Crippen molar-refractivity contribution in [2.45, 2.75) is 32.9 Å².